The normalized spacial score (nSPS) is 55.0. The molecule has 5 nitrogen and oxygen atoms in total. The van der Waals surface area contributed by atoms with E-state index in [0.29, 0.717) is 37.4 Å². The summed E-state index contributed by atoms with van der Waals surface area (Å²) in [7, 11) is 0. The first-order valence-corrected chi connectivity index (χ1v) is 12.1. The quantitative estimate of drug-likeness (QED) is 0.662. The van der Waals surface area contributed by atoms with E-state index in [9.17, 15) is 5.11 Å². The number of hydrogen-bond donors (Lipinski definition) is 1. The molecule has 0 aromatic carbocycles. The summed E-state index contributed by atoms with van der Waals surface area (Å²) in [6, 6.07) is 0. The first-order valence-electron chi connectivity index (χ1n) is 12.1. The number of ether oxygens (including phenoxy) is 4. The fraction of sp³-hybridized carbons (Fsp3) is 1.00. The highest BCUT2D eigenvalue weighted by Crippen LogP contribution is 2.71. The lowest BCUT2D eigenvalue weighted by Gasteiger charge is -2.67. The number of hydrogen-bond acceptors (Lipinski definition) is 5. The Morgan fingerprint density at radius 2 is 1.38 bits per heavy atom. The maximum Gasteiger partial charge on any atom is 0.174 e. The van der Waals surface area contributed by atoms with Gasteiger partial charge in [0.15, 0.2) is 11.6 Å². The summed E-state index contributed by atoms with van der Waals surface area (Å²) >= 11 is 0. The predicted molar refractivity (Wildman–Crippen MR) is 107 cm³/mol. The van der Waals surface area contributed by atoms with Crippen LogP contribution in [-0.4, -0.2) is 48.7 Å². The second-order valence-electron chi connectivity index (χ2n) is 11.6. The van der Waals surface area contributed by atoms with E-state index in [4.69, 9.17) is 18.9 Å². The van der Waals surface area contributed by atoms with Gasteiger partial charge in [-0.1, -0.05) is 20.8 Å². The van der Waals surface area contributed by atoms with Crippen LogP contribution in [0.2, 0.25) is 0 Å². The molecule has 2 aliphatic heterocycles. The van der Waals surface area contributed by atoms with Gasteiger partial charge in [0, 0.05) is 30.1 Å². The molecular weight excluding hydrogens is 368 g/mol. The molecule has 0 aromatic heterocycles. The van der Waals surface area contributed by atoms with Crippen LogP contribution in [0.1, 0.15) is 72.1 Å². The number of rotatable bonds is 0. The van der Waals surface area contributed by atoms with E-state index < -0.39 is 11.4 Å². The van der Waals surface area contributed by atoms with E-state index in [2.05, 4.69) is 20.8 Å². The van der Waals surface area contributed by atoms with Crippen LogP contribution in [0.15, 0.2) is 0 Å². The van der Waals surface area contributed by atoms with Crippen LogP contribution in [0.4, 0.5) is 0 Å². The monoisotopic (exact) mass is 406 g/mol. The van der Waals surface area contributed by atoms with Crippen molar-refractivity contribution in [2.24, 2.45) is 34.5 Å². The average Bonchev–Trinajstić information content (AvgIpc) is 3.40. The minimum atomic E-state index is -0.707. The van der Waals surface area contributed by atoms with Crippen molar-refractivity contribution in [1.29, 1.82) is 0 Å². The standard InChI is InChI=1S/C24H38O5/c1-16-14-17-18(4-6-21(3)19(17)5-7-24(21)28-12-13-29-24)20(2)8-9-22(15-23(16,20)25)26-10-11-27-22/h16-19,25H,4-15H2,1-3H3/t16-,17-,18+,19+,20-,21+,23+/m1/s1. The molecule has 6 fully saturated rings. The van der Waals surface area contributed by atoms with Crippen molar-refractivity contribution in [3.8, 4) is 0 Å². The van der Waals surface area contributed by atoms with Gasteiger partial charge in [-0.25, -0.2) is 0 Å². The van der Waals surface area contributed by atoms with Gasteiger partial charge in [0.1, 0.15) is 0 Å². The van der Waals surface area contributed by atoms with E-state index in [1.165, 1.54) is 12.8 Å². The molecule has 1 N–H and O–H groups in total. The highest BCUT2D eigenvalue weighted by Gasteiger charge is 2.72. The summed E-state index contributed by atoms with van der Waals surface area (Å²) in [5.41, 5.74) is -0.657. The Hall–Kier alpha value is -0.200. The van der Waals surface area contributed by atoms with Gasteiger partial charge >= 0.3 is 0 Å². The van der Waals surface area contributed by atoms with Crippen LogP contribution in [0.5, 0.6) is 0 Å². The third-order valence-corrected chi connectivity index (χ3v) is 10.9. The summed E-state index contributed by atoms with van der Waals surface area (Å²) in [5, 5.41) is 12.2. The van der Waals surface area contributed by atoms with Crippen molar-refractivity contribution >= 4 is 0 Å². The summed E-state index contributed by atoms with van der Waals surface area (Å²) < 4.78 is 24.7. The maximum absolute atomic E-state index is 12.2. The minimum absolute atomic E-state index is 0.0651. The van der Waals surface area contributed by atoms with Gasteiger partial charge in [-0.15, -0.1) is 0 Å². The third-order valence-electron chi connectivity index (χ3n) is 10.9. The molecule has 6 rings (SSSR count). The summed E-state index contributed by atoms with van der Waals surface area (Å²) in [6.45, 7) is 9.92. The molecule has 7 atom stereocenters. The molecule has 2 spiro atoms. The van der Waals surface area contributed by atoms with E-state index in [-0.39, 0.29) is 22.5 Å². The Morgan fingerprint density at radius 3 is 2.10 bits per heavy atom. The predicted octanol–water partition coefficient (Wildman–Crippen LogP) is 3.88. The van der Waals surface area contributed by atoms with E-state index in [0.717, 1.165) is 45.3 Å². The van der Waals surface area contributed by atoms with Gasteiger partial charge in [0.25, 0.3) is 0 Å². The summed E-state index contributed by atoms with van der Waals surface area (Å²) in [6.07, 6.45) is 8.22. The fourth-order valence-electron chi connectivity index (χ4n) is 9.25. The Kier molecular flexibility index (Phi) is 4.02. The first-order chi connectivity index (χ1) is 13.8. The lowest BCUT2D eigenvalue weighted by Crippen LogP contribution is -2.68. The lowest BCUT2D eigenvalue weighted by molar-refractivity contribution is -0.308. The van der Waals surface area contributed by atoms with Gasteiger partial charge in [-0.2, -0.15) is 0 Å². The Balaban J connectivity index is 1.34. The molecule has 0 unspecified atom stereocenters. The number of aliphatic hydroxyl groups is 1. The molecule has 29 heavy (non-hydrogen) atoms. The molecule has 164 valence electrons. The Labute approximate surface area is 174 Å². The van der Waals surface area contributed by atoms with Gasteiger partial charge in [-0.3, -0.25) is 0 Å². The minimum Gasteiger partial charge on any atom is -0.389 e. The van der Waals surface area contributed by atoms with Crippen molar-refractivity contribution in [2.45, 2.75) is 89.3 Å². The van der Waals surface area contributed by atoms with Gasteiger partial charge in [0.05, 0.1) is 32.0 Å². The molecule has 4 saturated carbocycles. The van der Waals surface area contributed by atoms with Crippen LogP contribution >= 0.6 is 0 Å². The molecular formula is C24H38O5. The summed E-state index contributed by atoms with van der Waals surface area (Å²) in [4.78, 5) is 0. The zero-order chi connectivity index (χ0) is 20.1. The molecule has 0 amide bonds. The van der Waals surface area contributed by atoms with Crippen molar-refractivity contribution in [2.75, 3.05) is 26.4 Å². The molecule has 2 heterocycles. The largest absolute Gasteiger partial charge is 0.389 e. The molecule has 0 aromatic rings. The topological polar surface area (TPSA) is 57.2 Å². The smallest absolute Gasteiger partial charge is 0.174 e. The van der Waals surface area contributed by atoms with Crippen LogP contribution in [0.3, 0.4) is 0 Å². The molecule has 5 heteroatoms. The second-order valence-corrected chi connectivity index (χ2v) is 11.6. The Bertz CT molecular complexity index is 683. The number of fused-ring (bicyclic) bond motifs is 6. The van der Waals surface area contributed by atoms with Gasteiger partial charge in [-0.05, 0) is 55.8 Å². The maximum atomic E-state index is 12.2. The SMILES string of the molecule is C[C@@H]1C[C@H]2[C@@H]3CCC4(OCCO4)[C@@]3(C)CC[C@@H]2[C@@]2(C)CCC3(C[C@]12O)OCCO3. The van der Waals surface area contributed by atoms with Crippen LogP contribution < -0.4 is 0 Å². The summed E-state index contributed by atoms with van der Waals surface area (Å²) in [5.74, 6) is 1.23. The van der Waals surface area contributed by atoms with Crippen LogP contribution in [0, 0.1) is 34.5 Å². The lowest BCUT2D eigenvalue weighted by atomic mass is 9.41. The fourth-order valence-corrected chi connectivity index (χ4v) is 9.25. The van der Waals surface area contributed by atoms with Crippen molar-refractivity contribution in [3.05, 3.63) is 0 Å². The highest BCUT2D eigenvalue weighted by molar-refractivity contribution is 5.18. The van der Waals surface area contributed by atoms with Crippen molar-refractivity contribution in [1.82, 2.24) is 0 Å². The molecule has 2 saturated heterocycles. The van der Waals surface area contributed by atoms with Crippen molar-refractivity contribution < 1.29 is 24.1 Å². The van der Waals surface area contributed by atoms with Crippen LogP contribution in [-0.2, 0) is 18.9 Å². The Morgan fingerprint density at radius 1 is 0.759 bits per heavy atom. The van der Waals surface area contributed by atoms with Gasteiger partial charge < -0.3 is 24.1 Å². The molecule has 0 radical (unpaired) electrons. The third kappa shape index (κ3) is 2.24. The van der Waals surface area contributed by atoms with E-state index in [1.807, 2.05) is 0 Å². The first kappa shape index (κ1) is 19.5. The van der Waals surface area contributed by atoms with Gasteiger partial charge in [0.2, 0.25) is 0 Å². The molecule has 4 aliphatic carbocycles. The van der Waals surface area contributed by atoms with Crippen molar-refractivity contribution in [3.63, 3.8) is 0 Å². The van der Waals surface area contributed by atoms with Crippen LogP contribution in [0.25, 0.3) is 0 Å². The highest BCUT2D eigenvalue weighted by atomic mass is 16.7. The van der Waals surface area contributed by atoms with E-state index >= 15 is 0 Å². The molecule has 0 bridgehead atoms. The molecule has 6 aliphatic rings. The zero-order valence-electron chi connectivity index (χ0n) is 18.4. The average molecular weight is 407 g/mol. The van der Waals surface area contributed by atoms with E-state index in [1.54, 1.807) is 0 Å². The second kappa shape index (κ2) is 5.98. The zero-order valence-corrected chi connectivity index (χ0v) is 18.4.